The maximum absolute atomic E-state index is 13.8. The lowest BCUT2D eigenvalue weighted by Crippen LogP contribution is -2.38. The first kappa shape index (κ1) is 25.5. The summed E-state index contributed by atoms with van der Waals surface area (Å²) in [6.07, 6.45) is 1.48. The van der Waals surface area contributed by atoms with Gasteiger partial charge >= 0.3 is 6.03 Å². The number of hydrogen-bond acceptors (Lipinski definition) is 5. The van der Waals surface area contributed by atoms with E-state index in [1.54, 1.807) is 24.3 Å². The highest BCUT2D eigenvalue weighted by Crippen LogP contribution is 2.30. The summed E-state index contributed by atoms with van der Waals surface area (Å²) in [7, 11) is 1.51. The van der Waals surface area contributed by atoms with Gasteiger partial charge in [0.05, 0.1) is 12.8 Å². The van der Waals surface area contributed by atoms with Crippen LogP contribution in [0.25, 0.3) is 16.8 Å². The fourth-order valence-electron chi connectivity index (χ4n) is 4.16. The highest BCUT2D eigenvalue weighted by molar-refractivity contribution is 6.16. The first-order valence-electron chi connectivity index (χ1n) is 12.1. The van der Waals surface area contributed by atoms with E-state index in [0.29, 0.717) is 23.7 Å². The number of amides is 4. The zero-order valence-electron chi connectivity index (χ0n) is 20.9. The molecule has 0 saturated carbocycles. The zero-order chi connectivity index (χ0) is 27.4. The van der Waals surface area contributed by atoms with Crippen LogP contribution in [0.5, 0.6) is 11.5 Å². The number of benzene rings is 4. The van der Waals surface area contributed by atoms with E-state index in [4.69, 9.17) is 9.47 Å². The van der Waals surface area contributed by atoms with Gasteiger partial charge in [0.1, 0.15) is 24.7 Å². The molecule has 0 atom stereocenters. The van der Waals surface area contributed by atoms with Crippen LogP contribution in [0.2, 0.25) is 0 Å². The Balaban J connectivity index is 1.25. The van der Waals surface area contributed by atoms with Gasteiger partial charge in [0.25, 0.3) is 5.91 Å². The van der Waals surface area contributed by atoms with E-state index in [0.717, 1.165) is 21.2 Å². The number of nitrogens with one attached hydrogen (secondary N) is 2. The van der Waals surface area contributed by atoms with E-state index in [-0.39, 0.29) is 11.4 Å². The van der Waals surface area contributed by atoms with Gasteiger partial charge in [-0.15, -0.1) is 0 Å². The van der Waals surface area contributed by atoms with Crippen LogP contribution in [-0.4, -0.2) is 36.4 Å². The van der Waals surface area contributed by atoms with Crippen LogP contribution in [0.1, 0.15) is 11.1 Å². The Bertz CT molecular complexity index is 1620. The molecule has 39 heavy (non-hydrogen) atoms. The number of anilines is 1. The first-order chi connectivity index (χ1) is 18.9. The van der Waals surface area contributed by atoms with Gasteiger partial charge in [-0.3, -0.25) is 9.59 Å². The van der Waals surface area contributed by atoms with E-state index in [1.165, 1.54) is 31.4 Å². The van der Waals surface area contributed by atoms with E-state index < -0.39 is 30.2 Å². The van der Waals surface area contributed by atoms with Crippen molar-refractivity contribution in [2.45, 2.75) is 6.61 Å². The molecule has 4 aromatic rings. The molecule has 1 heterocycles. The summed E-state index contributed by atoms with van der Waals surface area (Å²) in [5, 5.41) is 7.09. The molecule has 0 aromatic heterocycles. The number of imide groups is 1. The zero-order valence-corrected chi connectivity index (χ0v) is 20.9. The number of rotatable bonds is 8. The molecule has 1 aliphatic heterocycles. The molecule has 2 N–H and O–H groups in total. The number of methoxy groups -OCH3 is 1. The van der Waals surface area contributed by atoms with Crippen molar-refractivity contribution in [2.75, 3.05) is 19.0 Å². The van der Waals surface area contributed by atoms with Crippen molar-refractivity contribution in [3.8, 4) is 11.5 Å². The molecular weight excluding hydrogens is 501 g/mol. The third-order valence-electron chi connectivity index (χ3n) is 6.12. The largest absolute Gasteiger partial charge is 0.493 e. The topological polar surface area (TPSA) is 97.0 Å². The van der Waals surface area contributed by atoms with Crippen molar-refractivity contribution in [1.82, 2.24) is 10.2 Å². The fraction of sp³-hybridized carbons (Fsp3) is 0.100. The molecule has 0 unspecified atom stereocenters. The summed E-state index contributed by atoms with van der Waals surface area (Å²) >= 11 is 0. The van der Waals surface area contributed by atoms with Gasteiger partial charge in [-0.1, -0.05) is 54.6 Å². The summed E-state index contributed by atoms with van der Waals surface area (Å²) in [6, 6.07) is 24.2. The second-order valence-corrected chi connectivity index (χ2v) is 8.79. The number of carbonyl (C=O) groups excluding carboxylic acids is 3. The van der Waals surface area contributed by atoms with Gasteiger partial charge in [0.2, 0.25) is 5.91 Å². The van der Waals surface area contributed by atoms with Gasteiger partial charge in [0, 0.05) is 0 Å². The van der Waals surface area contributed by atoms with Crippen molar-refractivity contribution >= 4 is 40.4 Å². The normalized spacial score (nSPS) is 14.0. The summed E-state index contributed by atoms with van der Waals surface area (Å²) in [5.41, 5.74) is 1.53. The number of nitrogens with zero attached hydrogens (tertiary/aromatic N) is 1. The minimum absolute atomic E-state index is 0.00873. The van der Waals surface area contributed by atoms with Gasteiger partial charge in [-0.05, 0) is 58.3 Å². The summed E-state index contributed by atoms with van der Waals surface area (Å²) in [5.74, 6) is -1.05. The van der Waals surface area contributed by atoms with Gasteiger partial charge in [0.15, 0.2) is 11.5 Å². The Hall–Kier alpha value is -5.18. The first-order valence-corrected chi connectivity index (χ1v) is 12.1. The van der Waals surface area contributed by atoms with Crippen LogP contribution in [0.15, 0.2) is 90.6 Å². The minimum atomic E-state index is -0.753. The van der Waals surface area contributed by atoms with Gasteiger partial charge in [-0.2, -0.15) is 0 Å². The van der Waals surface area contributed by atoms with Crippen LogP contribution in [0, 0.1) is 5.82 Å². The quantitative estimate of drug-likeness (QED) is 0.247. The van der Waals surface area contributed by atoms with E-state index in [9.17, 15) is 18.8 Å². The molecule has 1 saturated heterocycles. The Morgan fingerprint density at radius 2 is 1.72 bits per heavy atom. The molecule has 0 aliphatic carbocycles. The third kappa shape index (κ3) is 5.72. The number of para-hydroxylation sites is 1. The maximum atomic E-state index is 13.8. The Morgan fingerprint density at radius 1 is 0.949 bits per heavy atom. The average Bonchev–Trinajstić information content (AvgIpc) is 3.20. The number of ether oxygens (including phenoxy) is 2. The molecule has 1 fully saturated rings. The van der Waals surface area contributed by atoms with Crippen LogP contribution < -0.4 is 20.1 Å². The standard InChI is InChI=1S/C30H24FN3O5/c1-38-27-16-19(11-13-26(27)39-18-20-10-12-21-6-2-3-7-22(21)14-20)15-25-29(36)34(30(37)33-25)17-28(35)32-24-9-5-4-8-23(24)31/h2-16H,17-18H2,1H3,(H,32,35)(H,33,37)/b25-15+. The van der Waals surface area contributed by atoms with Crippen LogP contribution in [0.4, 0.5) is 14.9 Å². The summed E-state index contributed by atoms with van der Waals surface area (Å²) < 4.78 is 25.3. The van der Waals surface area contributed by atoms with Gasteiger partial charge in [-0.25, -0.2) is 14.1 Å². The third-order valence-corrected chi connectivity index (χ3v) is 6.12. The molecule has 8 nitrogen and oxygen atoms in total. The fourth-order valence-corrected chi connectivity index (χ4v) is 4.16. The Labute approximate surface area is 223 Å². The molecule has 1 aliphatic rings. The van der Waals surface area contributed by atoms with E-state index in [2.05, 4.69) is 16.7 Å². The lowest BCUT2D eigenvalue weighted by Gasteiger charge is -2.12. The lowest BCUT2D eigenvalue weighted by atomic mass is 10.1. The Kier molecular flexibility index (Phi) is 7.22. The van der Waals surface area contributed by atoms with E-state index in [1.807, 2.05) is 36.4 Å². The smallest absolute Gasteiger partial charge is 0.329 e. The van der Waals surface area contributed by atoms with Crippen LogP contribution in [0.3, 0.4) is 0 Å². The highest BCUT2D eigenvalue weighted by Gasteiger charge is 2.35. The molecule has 0 radical (unpaired) electrons. The number of urea groups is 1. The van der Waals surface area contributed by atoms with Crippen molar-refractivity contribution in [2.24, 2.45) is 0 Å². The molecule has 0 bridgehead atoms. The predicted octanol–water partition coefficient (Wildman–Crippen LogP) is 5.10. The predicted molar refractivity (Wildman–Crippen MR) is 145 cm³/mol. The molecule has 4 amide bonds. The van der Waals surface area contributed by atoms with Crippen molar-refractivity contribution in [3.63, 3.8) is 0 Å². The van der Waals surface area contributed by atoms with Crippen molar-refractivity contribution in [3.05, 3.63) is 108 Å². The van der Waals surface area contributed by atoms with Crippen molar-refractivity contribution in [1.29, 1.82) is 0 Å². The number of carbonyl (C=O) groups is 3. The second kappa shape index (κ2) is 11.1. The van der Waals surface area contributed by atoms with Gasteiger partial charge < -0.3 is 20.1 Å². The Morgan fingerprint density at radius 3 is 2.51 bits per heavy atom. The summed E-state index contributed by atoms with van der Waals surface area (Å²) in [6.45, 7) is -0.235. The minimum Gasteiger partial charge on any atom is -0.493 e. The second-order valence-electron chi connectivity index (χ2n) is 8.79. The maximum Gasteiger partial charge on any atom is 0.329 e. The lowest BCUT2D eigenvalue weighted by molar-refractivity contribution is -0.127. The van der Waals surface area contributed by atoms with Crippen LogP contribution >= 0.6 is 0 Å². The molecule has 9 heteroatoms. The molecule has 5 rings (SSSR count). The highest BCUT2D eigenvalue weighted by atomic mass is 19.1. The molecule has 4 aromatic carbocycles. The number of halogens is 1. The van der Waals surface area contributed by atoms with Crippen LogP contribution in [-0.2, 0) is 16.2 Å². The SMILES string of the molecule is COc1cc(/C=C2/NC(=O)N(CC(=O)Nc3ccccc3F)C2=O)ccc1OCc1ccc2ccccc2c1. The van der Waals surface area contributed by atoms with Crippen molar-refractivity contribution < 1.29 is 28.2 Å². The number of hydrogen-bond donors (Lipinski definition) is 2. The van der Waals surface area contributed by atoms with E-state index >= 15 is 0 Å². The number of fused-ring (bicyclic) bond motifs is 1. The average molecular weight is 526 g/mol. The monoisotopic (exact) mass is 525 g/mol. The molecular formula is C30H24FN3O5. The summed E-state index contributed by atoms with van der Waals surface area (Å²) in [4.78, 5) is 38.3. The molecule has 196 valence electrons. The molecule has 0 spiro atoms.